The Morgan fingerprint density at radius 1 is 1.27 bits per heavy atom. The molecule has 0 aliphatic carbocycles. The molecule has 3 nitrogen and oxygen atoms in total. The molecule has 0 N–H and O–H groups in total. The van der Waals surface area contributed by atoms with Crippen LogP contribution in [-0.4, -0.2) is 11.8 Å². The molecule has 1 saturated heterocycles. The van der Waals surface area contributed by atoms with Gasteiger partial charge in [-0.2, -0.15) is 0 Å². The largest absolute Gasteiger partial charge is 0.274 e. The van der Waals surface area contributed by atoms with Gasteiger partial charge >= 0.3 is 0 Å². The summed E-state index contributed by atoms with van der Waals surface area (Å²) in [6, 6.07) is 6.74. The molecule has 0 atom stereocenters. The van der Waals surface area contributed by atoms with Crippen molar-refractivity contribution < 1.29 is 9.59 Å². The van der Waals surface area contributed by atoms with Gasteiger partial charge in [0.15, 0.2) is 0 Å². The monoisotopic (exact) mass is 221 g/mol. The lowest BCUT2D eigenvalue weighted by atomic mass is 10.3. The number of halogens is 1. The Morgan fingerprint density at radius 2 is 1.93 bits per heavy atom. The SMILES string of the molecule is C=C1CC(=O)N(c2ccccc2Cl)C1=O. The third-order valence-electron chi connectivity index (χ3n) is 2.21. The second kappa shape index (κ2) is 3.51. The van der Waals surface area contributed by atoms with Crippen molar-refractivity contribution in [3.8, 4) is 0 Å². The van der Waals surface area contributed by atoms with E-state index in [2.05, 4.69) is 6.58 Å². The summed E-state index contributed by atoms with van der Waals surface area (Å²) in [6.07, 6.45) is 0.0735. The van der Waals surface area contributed by atoms with Gasteiger partial charge in [-0.3, -0.25) is 9.59 Å². The maximum atomic E-state index is 11.6. The summed E-state index contributed by atoms with van der Waals surface area (Å²) in [6.45, 7) is 3.54. The molecule has 1 aliphatic rings. The van der Waals surface area contributed by atoms with Crippen LogP contribution in [0.25, 0.3) is 0 Å². The van der Waals surface area contributed by atoms with Gasteiger partial charge in [0.1, 0.15) is 0 Å². The molecular weight excluding hydrogens is 214 g/mol. The summed E-state index contributed by atoms with van der Waals surface area (Å²) in [4.78, 5) is 24.2. The Kier molecular flexibility index (Phi) is 2.32. The van der Waals surface area contributed by atoms with Crippen LogP contribution in [0.15, 0.2) is 36.4 Å². The average Bonchev–Trinajstić information content (AvgIpc) is 2.43. The van der Waals surface area contributed by atoms with Crippen molar-refractivity contribution in [1.29, 1.82) is 0 Å². The van der Waals surface area contributed by atoms with Crippen molar-refractivity contribution in [2.24, 2.45) is 0 Å². The molecule has 0 unspecified atom stereocenters. The molecule has 0 bridgehead atoms. The van der Waals surface area contributed by atoms with Crippen LogP contribution >= 0.6 is 11.6 Å². The van der Waals surface area contributed by atoms with Crippen molar-refractivity contribution in [1.82, 2.24) is 0 Å². The summed E-state index contributed by atoms with van der Waals surface area (Å²) in [7, 11) is 0. The molecule has 0 radical (unpaired) electrons. The van der Waals surface area contributed by atoms with Crippen molar-refractivity contribution in [3.05, 3.63) is 41.4 Å². The van der Waals surface area contributed by atoms with E-state index in [-0.39, 0.29) is 18.2 Å². The van der Waals surface area contributed by atoms with E-state index in [0.29, 0.717) is 16.3 Å². The Hall–Kier alpha value is -1.61. The van der Waals surface area contributed by atoms with Gasteiger partial charge in [-0.25, -0.2) is 4.90 Å². The van der Waals surface area contributed by atoms with Gasteiger partial charge in [-0.15, -0.1) is 0 Å². The first kappa shape index (κ1) is 9.93. The van der Waals surface area contributed by atoms with E-state index in [0.717, 1.165) is 4.90 Å². The van der Waals surface area contributed by atoms with Gasteiger partial charge in [0.25, 0.3) is 5.91 Å². The first-order chi connectivity index (χ1) is 7.11. The van der Waals surface area contributed by atoms with Crippen LogP contribution in [0.5, 0.6) is 0 Å². The maximum Gasteiger partial charge on any atom is 0.260 e. The van der Waals surface area contributed by atoms with E-state index < -0.39 is 0 Å². The number of benzene rings is 1. The number of para-hydroxylation sites is 1. The molecule has 1 aliphatic heterocycles. The zero-order valence-electron chi connectivity index (χ0n) is 7.87. The number of rotatable bonds is 1. The molecule has 1 fully saturated rings. The highest BCUT2D eigenvalue weighted by Crippen LogP contribution is 2.30. The van der Waals surface area contributed by atoms with Crippen LogP contribution < -0.4 is 4.90 Å². The number of amides is 2. The number of anilines is 1. The van der Waals surface area contributed by atoms with E-state index >= 15 is 0 Å². The van der Waals surface area contributed by atoms with E-state index in [4.69, 9.17) is 11.6 Å². The minimum atomic E-state index is -0.367. The quantitative estimate of drug-likeness (QED) is 0.538. The topological polar surface area (TPSA) is 37.4 Å². The van der Waals surface area contributed by atoms with Crippen molar-refractivity contribution in [2.75, 3.05) is 4.90 Å². The van der Waals surface area contributed by atoms with Crippen LogP contribution in [0.3, 0.4) is 0 Å². The van der Waals surface area contributed by atoms with Gasteiger partial charge in [0, 0.05) is 5.57 Å². The first-order valence-corrected chi connectivity index (χ1v) is 4.78. The van der Waals surface area contributed by atoms with Crippen molar-refractivity contribution >= 4 is 29.1 Å². The van der Waals surface area contributed by atoms with Crippen LogP contribution in [0.4, 0.5) is 5.69 Å². The van der Waals surface area contributed by atoms with Crippen LogP contribution in [0.2, 0.25) is 5.02 Å². The first-order valence-electron chi connectivity index (χ1n) is 4.41. The molecule has 0 spiro atoms. The molecule has 1 aromatic carbocycles. The summed E-state index contributed by atoms with van der Waals surface area (Å²) in [5.41, 5.74) is 0.729. The molecule has 76 valence electrons. The van der Waals surface area contributed by atoms with Gasteiger partial charge in [-0.1, -0.05) is 30.3 Å². The Labute approximate surface area is 91.9 Å². The van der Waals surface area contributed by atoms with E-state index in [9.17, 15) is 9.59 Å². The molecule has 1 heterocycles. The summed E-state index contributed by atoms with van der Waals surface area (Å²) in [5.74, 6) is -0.647. The van der Waals surface area contributed by atoms with Gasteiger partial charge in [-0.05, 0) is 12.1 Å². The second-order valence-corrected chi connectivity index (χ2v) is 3.67. The number of imide groups is 1. The number of nitrogens with zero attached hydrogens (tertiary/aromatic N) is 1. The fraction of sp³-hybridized carbons (Fsp3) is 0.0909. The maximum absolute atomic E-state index is 11.6. The molecule has 15 heavy (non-hydrogen) atoms. The summed E-state index contributed by atoms with van der Waals surface area (Å²) < 4.78 is 0. The molecular formula is C11H8ClNO2. The normalized spacial score (nSPS) is 16.3. The highest BCUT2D eigenvalue weighted by molar-refractivity contribution is 6.37. The van der Waals surface area contributed by atoms with E-state index in [1.165, 1.54) is 0 Å². The fourth-order valence-corrected chi connectivity index (χ4v) is 1.71. The predicted molar refractivity (Wildman–Crippen MR) is 57.7 cm³/mol. The summed E-state index contributed by atoms with van der Waals surface area (Å²) >= 11 is 5.91. The lowest BCUT2D eigenvalue weighted by molar-refractivity contribution is -0.120. The number of carbonyl (C=O) groups excluding carboxylic acids is 2. The lowest BCUT2D eigenvalue weighted by Gasteiger charge is -2.14. The number of carbonyl (C=O) groups is 2. The molecule has 0 aromatic heterocycles. The molecule has 2 amide bonds. The Morgan fingerprint density at radius 3 is 2.47 bits per heavy atom. The third kappa shape index (κ3) is 1.55. The third-order valence-corrected chi connectivity index (χ3v) is 2.53. The molecule has 1 aromatic rings. The van der Waals surface area contributed by atoms with Gasteiger partial charge in [0.2, 0.25) is 5.91 Å². The minimum Gasteiger partial charge on any atom is -0.274 e. The fourth-order valence-electron chi connectivity index (χ4n) is 1.49. The Bertz CT molecular complexity index is 467. The highest BCUT2D eigenvalue weighted by atomic mass is 35.5. The zero-order chi connectivity index (χ0) is 11.0. The van der Waals surface area contributed by atoms with Crippen LogP contribution in [0, 0.1) is 0 Å². The van der Waals surface area contributed by atoms with Gasteiger partial charge < -0.3 is 0 Å². The molecule has 4 heteroatoms. The Balaban J connectivity index is 2.48. The van der Waals surface area contributed by atoms with Crippen LogP contribution in [-0.2, 0) is 9.59 Å². The van der Waals surface area contributed by atoms with E-state index in [1.54, 1.807) is 24.3 Å². The summed E-state index contributed by atoms with van der Waals surface area (Å²) in [5, 5.41) is 0.383. The molecule has 2 rings (SSSR count). The van der Waals surface area contributed by atoms with Crippen molar-refractivity contribution in [3.63, 3.8) is 0 Å². The highest BCUT2D eigenvalue weighted by Gasteiger charge is 2.34. The minimum absolute atomic E-state index is 0.0735. The predicted octanol–water partition coefficient (Wildman–Crippen LogP) is 2.16. The van der Waals surface area contributed by atoms with Gasteiger partial charge in [0.05, 0.1) is 17.1 Å². The van der Waals surface area contributed by atoms with E-state index in [1.807, 2.05) is 0 Å². The smallest absolute Gasteiger partial charge is 0.260 e. The van der Waals surface area contributed by atoms with Crippen LogP contribution in [0.1, 0.15) is 6.42 Å². The number of hydrogen-bond acceptors (Lipinski definition) is 2. The molecule has 0 saturated carbocycles. The zero-order valence-corrected chi connectivity index (χ0v) is 8.62. The number of hydrogen-bond donors (Lipinski definition) is 0. The average molecular weight is 222 g/mol. The van der Waals surface area contributed by atoms with Crippen molar-refractivity contribution in [2.45, 2.75) is 6.42 Å². The lowest BCUT2D eigenvalue weighted by Crippen LogP contribution is -2.29. The second-order valence-electron chi connectivity index (χ2n) is 3.27. The standard InChI is InChI=1S/C11H8ClNO2/c1-7-6-10(14)13(11(7)15)9-5-3-2-4-8(9)12/h2-5H,1,6H2.